The van der Waals surface area contributed by atoms with E-state index in [0.717, 1.165) is 0 Å². The zero-order chi connectivity index (χ0) is 16.4. The monoisotopic (exact) mass is 310 g/mol. The lowest BCUT2D eigenvalue weighted by Gasteiger charge is -2.13. The molecule has 0 aliphatic heterocycles. The Morgan fingerprint density at radius 1 is 1.09 bits per heavy atom. The number of nitrogens with two attached hydrogens (primary N) is 1. The quantitative estimate of drug-likeness (QED) is 0.722. The number of nitrogens with one attached hydrogen (secondary N) is 1. The first kappa shape index (κ1) is 14.6. The first-order chi connectivity index (χ1) is 11.1. The van der Waals surface area contributed by atoms with Crippen molar-refractivity contribution >= 4 is 34.0 Å². The molecule has 0 saturated carbocycles. The van der Waals surface area contributed by atoms with Gasteiger partial charge in [0.05, 0.1) is 23.7 Å². The summed E-state index contributed by atoms with van der Waals surface area (Å²) in [7, 11) is 1.31. The van der Waals surface area contributed by atoms with Gasteiger partial charge in [0.25, 0.3) is 0 Å². The van der Waals surface area contributed by atoms with Gasteiger partial charge in [-0.2, -0.15) is 0 Å². The van der Waals surface area contributed by atoms with Crippen molar-refractivity contribution in [3.63, 3.8) is 0 Å². The van der Waals surface area contributed by atoms with Crippen molar-refractivity contribution in [2.24, 2.45) is 0 Å². The summed E-state index contributed by atoms with van der Waals surface area (Å²) in [5.74, 6) is -0.526. The third kappa shape index (κ3) is 2.62. The highest BCUT2D eigenvalue weighted by Gasteiger charge is 2.15. The Labute approximate surface area is 131 Å². The maximum absolute atomic E-state index is 11.9. The Balaban J connectivity index is 2.17. The normalized spacial score (nSPS) is 10.5. The number of hydrogen-bond donors (Lipinski definition) is 2. The van der Waals surface area contributed by atoms with Crippen LogP contribution in [0.3, 0.4) is 0 Å². The number of nitrogen functional groups attached to an aromatic ring is 1. The summed E-state index contributed by atoms with van der Waals surface area (Å²) in [5, 5.41) is 4.08. The smallest absolute Gasteiger partial charge is 0.345 e. The average molecular weight is 310 g/mol. The number of hydrogen-bond acceptors (Lipinski definition) is 6. The van der Waals surface area contributed by atoms with Crippen LogP contribution in [-0.2, 0) is 4.74 Å². The molecule has 6 nitrogen and oxygen atoms in total. The van der Waals surface area contributed by atoms with Crippen LogP contribution in [0, 0.1) is 0 Å². The van der Waals surface area contributed by atoms with Gasteiger partial charge in [-0.3, -0.25) is 0 Å². The molecular formula is C17H14N2O4. The van der Waals surface area contributed by atoms with E-state index in [1.54, 1.807) is 48.5 Å². The summed E-state index contributed by atoms with van der Waals surface area (Å²) in [6.45, 7) is 0. The van der Waals surface area contributed by atoms with Crippen molar-refractivity contribution < 1.29 is 13.9 Å². The minimum absolute atomic E-state index is 0.0478. The van der Waals surface area contributed by atoms with E-state index in [-0.39, 0.29) is 5.88 Å². The molecule has 0 bridgehead atoms. The van der Waals surface area contributed by atoms with Gasteiger partial charge in [-0.15, -0.1) is 0 Å². The predicted molar refractivity (Wildman–Crippen MR) is 88.0 cm³/mol. The Morgan fingerprint density at radius 3 is 2.48 bits per heavy atom. The van der Waals surface area contributed by atoms with Crippen LogP contribution >= 0.6 is 0 Å². The van der Waals surface area contributed by atoms with Gasteiger partial charge in [0.1, 0.15) is 5.69 Å². The van der Waals surface area contributed by atoms with Crippen LogP contribution in [0.15, 0.2) is 57.7 Å². The summed E-state index contributed by atoms with van der Waals surface area (Å²) in [5.41, 5.74) is 6.62. The Bertz CT molecular complexity index is 947. The van der Waals surface area contributed by atoms with E-state index >= 15 is 0 Å². The number of esters is 1. The van der Waals surface area contributed by atoms with Crippen LogP contribution < -0.4 is 16.7 Å². The second-order valence-electron chi connectivity index (χ2n) is 4.84. The SMILES string of the molecule is COC(=O)c1ccccc1Nc1c(N)oc(=O)c2ccccc12. The summed E-state index contributed by atoms with van der Waals surface area (Å²) in [4.78, 5) is 23.7. The van der Waals surface area contributed by atoms with Gasteiger partial charge in [-0.1, -0.05) is 30.3 Å². The number of carbonyl (C=O) groups excluding carboxylic acids is 1. The van der Waals surface area contributed by atoms with Crippen LogP contribution in [0.4, 0.5) is 17.3 Å². The van der Waals surface area contributed by atoms with E-state index in [1.165, 1.54) is 7.11 Å². The molecule has 0 aliphatic carbocycles. The van der Waals surface area contributed by atoms with Gasteiger partial charge in [0, 0.05) is 5.39 Å². The Kier molecular flexibility index (Phi) is 3.72. The number of anilines is 3. The zero-order valence-electron chi connectivity index (χ0n) is 12.3. The van der Waals surface area contributed by atoms with E-state index in [9.17, 15) is 9.59 Å². The maximum atomic E-state index is 11.9. The predicted octanol–water partition coefficient (Wildman–Crippen LogP) is 2.91. The Hall–Kier alpha value is -3.28. The fourth-order valence-electron chi connectivity index (χ4n) is 2.36. The first-order valence-corrected chi connectivity index (χ1v) is 6.87. The summed E-state index contributed by atoms with van der Waals surface area (Å²) >= 11 is 0. The van der Waals surface area contributed by atoms with Crippen molar-refractivity contribution in [1.29, 1.82) is 0 Å². The molecule has 0 radical (unpaired) electrons. The number of methoxy groups -OCH3 is 1. The van der Waals surface area contributed by atoms with Crippen molar-refractivity contribution in [1.82, 2.24) is 0 Å². The topological polar surface area (TPSA) is 94.6 Å². The third-order valence-corrected chi connectivity index (χ3v) is 3.46. The molecule has 23 heavy (non-hydrogen) atoms. The molecule has 0 spiro atoms. The fraction of sp³-hybridized carbons (Fsp3) is 0.0588. The highest BCUT2D eigenvalue weighted by atomic mass is 16.5. The number of ether oxygens (including phenoxy) is 1. The van der Waals surface area contributed by atoms with E-state index in [0.29, 0.717) is 27.7 Å². The van der Waals surface area contributed by atoms with Crippen LogP contribution in [-0.4, -0.2) is 13.1 Å². The van der Waals surface area contributed by atoms with E-state index in [4.69, 9.17) is 14.9 Å². The van der Waals surface area contributed by atoms with Crippen LogP contribution in [0.1, 0.15) is 10.4 Å². The van der Waals surface area contributed by atoms with Crippen molar-refractivity contribution in [2.75, 3.05) is 18.2 Å². The number of benzene rings is 2. The zero-order valence-corrected chi connectivity index (χ0v) is 12.3. The fourth-order valence-corrected chi connectivity index (χ4v) is 2.36. The molecule has 2 aromatic carbocycles. The van der Waals surface area contributed by atoms with Gasteiger partial charge in [-0.25, -0.2) is 9.59 Å². The molecule has 0 saturated heterocycles. The number of para-hydroxylation sites is 1. The molecule has 1 heterocycles. The molecule has 0 amide bonds. The molecule has 3 rings (SSSR count). The van der Waals surface area contributed by atoms with Crippen LogP contribution in [0.2, 0.25) is 0 Å². The van der Waals surface area contributed by atoms with Gasteiger partial charge < -0.3 is 20.2 Å². The highest BCUT2D eigenvalue weighted by molar-refractivity contribution is 6.02. The first-order valence-electron chi connectivity index (χ1n) is 6.87. The molecule has 1 aromatic heterocycles. The summed E-state index contributed by atoms with van der Waals surface area (Å²) < 4.78 is 9.83. The average Bonchev–Trinajstić information content (AvgIpc) is 2.58. The molecule has 6 heteroatoms. The highest BCUT2D eigenvalue weighted by Crippen LogP contribution is 2.31. The molecule has 3 aromatic rings. The lowest BCUT2D eigenvalue weighted by Crippen LogP contribution is -2.09. The van der Waals surface area contributed by atoms with E-state index in [2.05, 4.69) is 5.32 Å². The second kappa shape index (κ2) is 5.84. The summed E-state index contributed by atoms with van der Waals surface area (Å²) in [6, 6.07) is 13.8. The number of rotatable bonds is 3. The second-order valence-corrected chi connectivity index (χ2v) is 4.84. The molecule has 0 atom stereocenters. The Morgan fingerprint density at radius 2 is 1.74 bits per heavy atom. The third-order valence-electron chi connectivity index (χ3n) is 3.46. The van der Waals surface area contributed by atoms with Crippen molar-refractivity contribution in [3.8, 4) is 0 Å². The standard InChI is InChI=1S/C17H14N2O4/c1-22-16(20)12-8-4-5-9-13(12)19-14-10-6-2-3-7-11(10)17(21)23-15(14)18/h2-9,19H,18H2,1H3. The number of fused-ring (bicyclic) bond motifs is 1. The van der Waals surface area contributed by atoms with Crippen molar-refractivity contribution in [2.45, 2.75) is 0 Å². The van der Waals surface area contributed by atoms with Crippen LogP contribution in [0.5, 0.6) is 0 Å². The van der Waals surface area contributed by atoms with Gasteiger partial charge in [0.15, 0.2) is 0 Å². The molecular weight excluding hydrogens is 296 g/mol. The van der Waals surface area contributed by atoms with Gasteiger partial charge >= 0.3 is 11.6 Å². The molecule has 0 fully saturated rings. The van der Waals surface area contributed by atoms with Crippen LogP contribution in [0.25, 0.3) is 10.8 Å². The van der Waals surface area contributed by atoms with E-state index in [1.807, 2.05) is 0 Å². The summed E-state index contributed by atoms with van der Waals surface area (Å²) in [6.07, 6.45) is 0. The lowest BCUT2D eigenvalue weighted by atomic mass is 10.1. The molecule has 3 N–H and O–H groups in total. The molecule has 0 aliphatic rings. The van der Waals surface area contributed by atoms with Crippen molar-refractivity contribution in [3.05, 3.63) is 64.5 Å². The minimum atomic E-state index is -0.509. The minimum Gasteiger partial charge on any atom is -0.465 e. The van der Waals surface area contributed by atoms with Gasteiger partial charge in [-0.05, 0) is 18.2 Å². The largest absolute Gasteiger partial charge is 0.465 e. The van der Waals surface area contributed by atoms with E-state index < -0.39 is 11.6 Å². The van der Waals surface area contributed by atoms with Gasteiger partial charge in [0.2, 0.25) is 5.88 Å². The number of carbonyl (C=O) groups is 1. The lowest BCUT2D eigenvalue weighted by molar-refractivity contribution is 0.0602. The molecule has 116 valence electrons. The molecule has 0 unspecified atom stereocenters. The maximum Gasteiger partial charge on any atom is 0.345 e.